The highest BCUT2D eigenvalue weighted by molar-refractivity contribution is 5.42. The third kappa shape index (κ3) is 1.94. The summed E-state index contributed by atoms with van der Waals surface area (Å²) in [6, 6.07) is 6.47. The lowest BCUT2D eigenvalue weighted by molar-refractivity contribution is -0.0702. The average Bonchev–Trinajstić information content (AvgIpc) is 2.26. The van der Waals surface area contributed by atoms with E-state index in [2.05, 4.69) is 26.0 Å². The molecule has 0 radical (unpaired) electrons. The summed E-state index contributed by atoms with van der Waals surface area (Å²) in [5.41, 5.74) is 8.62. The quantitative estimate of drug-likeness (QED) is 0.866. The monoisotopic (exact) mass is 235 g/mol. The second-order valence-electron chi connectivity index (χ2n) is 4.82. The molecule has 94 valence electrons. The number of rotatable bonds is 4. The minimum Gasteiger partial charge on any atom is -0.496 e. The maximum atomic E-state index is 6.12. The minimum atomic E-state index is -0.00378. The zero-order valence-electron chi connectivity index (χ0n) is 10.8. The van der Waals surface area contributed by atoms with Gasteiger partial charge in [-0.25, -0.2) is 0 Å². The average molecular weight is 235 g/mol. The second kappa shape index (κ2) is 4.67. The molecule has 1 heterocycles. The Morgan fingerprint density at radius 3 is 2.59 bits per heavy atom. The van der Waals surface area contributed by atoms with Gasteiger partial charge in [-0.05, 0) is 30.5 Å². The van der Waals surface area contributed by atoms with Gasteiger partial charge in [0.2, 0.25) is 0 Å². The smallest absolute Gasteiger partial charge is 0.122 e. The summed E-state index contributed by atoms with van der Waals surface area (Å²) in [6.45, 7) is 5.64. The van der Waals surface area contributed by atoms with E-state index in [4.69, 9.17) is 15.2 Å². The van der Waals surface area contributed by atoms with Gasteiger partial charge in [0.25, 0.3) is 0 Å². The van der Waals surface area contributed by atoms with Crippen molar-refractivity contribution in [3.8, 4) is 5.75 Å². The summed E-state index contributed by atoms with van der Waals surface area (Å²) in [4.78, 5) is 0. The number of hydrogen-bond donors (Lipinski definition) is 1. The molecule has 3 heteroatoms. The van der Waals surface area contributed by atoms with Gasteiger partial charge in [-0.15, -0.1) is 0 Å². The molecule has 17 heavy (non-hydrogen) atoms. The van der Waals surface area contributed by atoms with Crippen molar-refractivity contribution in [2.75, 3.05) is 20.3 Å². The molecule has 0 aromatic heterocycles. The number of hydrogen-bond acceptors (Lipinski definition) is 3. The van der Waals surface area contributed by atoms with Gasteiger partial charge in [-0.3, -0.25) is 0 Å². The molecule has 1 aliphatic rings. The van der Waals surface area contributed by atoms with Crippen LogP contribution in [0.15, 0.2) is 18.2 Å². The number of nitrogens with two attached hydrogens (primary N) is 1. The van der Waals surface area contributed by atoms with E-state index in [0.717, 1.165) is 25.4 Å². The summed E-state index contributed by atoms with van der Waals surface area (Å²) < 4.78 is 10.7. The molecule has 0 saturated carbocycles. The lowest BCUT2D eigenvalue weighted by atomic mass is 9.73. The molecule has 3 nitrogen and oxygen atoms in total. The topological polar surface area (TPSA) is 44.5 Å². The molecule has 1 unspecified atom stereocenters. The van der Waals surface area contributed by atoms with Gasteiger partial charge in [0, 0.05) is 6.04 Å². The van der Waals surface area contributed by atoms with Crippen LogP contribution < -0.4 is 10.5 Å². The van der Waals surface area contributed by atoms with Crippen molar-refractivity contribution in [2.45, 2.75) is 31.7 Å². The van der Waals surface area contributed by atoms with Crippen molar-refractivity contribution in [3.05, 3.63) is 29.3 Å². The van der Waals surface area contributed by atoms with Crippen LogP contribution in [0.2, 0.25) is 0 Å². The SMILES string of the molecule is CCc1cc(C2(C(C)N)COC2)ccc1OC. The van der Waals surface area contributed by atoms with Gasteiger partial charge in [-0.2, -0.15) is 0 Å². The van der Waals surface area contributed by atoms with E-state index in [1.165, 1.54) is 11.1 Å². The van der Waals surface area contributed by atoms with E-state index >= 15 is 0 Å². The van der Waals surface area contributed by atoms with E-state index < -0.39 is 0 Å². The van der Waals surface area contributed by atoms with Crippen LogP contribution in [-0.4, -0.2) is 26.4 Å². The summed E-state index contributed by atoms with van der Waals surface area (Å²) in [5, 5.41) is 0. The Labute approximate surface area is 103 Å². The number of benzene rings is 1. The highest BCUT2D eigenvalue weighted by atomic mass is 16.5. The van der Waals surface area contributed by atoms with Gasteiger partial charge in [0.05, 0.1) is 25.7 Å². The van der Waals surface area contributed by atoms with Crippen LogP contribution in [0.3, 0.4) is 0 Å². The van der Waals surface area contributed by atoms with Crippen LogP contribution >= 0.6 is 0 Å². The van der Waals surface area contributed by atoms with E-state index in [-0.39, 0.29) is 11.5 Å². The maximum Gasteiger partial charge on any atom is 0.122 e. The molecule has 2 rings (SSSR count). The third-order valence-electron chi connectivity index (χ3n) is 3.83. The highest BCUT2D eigenvalue weighted by Gasteiger charge is 2.43. The van der Waals surface area contributed by atoms with Crippen LogP contribution in [0, 0.1) is 0 Å². The van der Waals surface area contributed by atoms with Crippen molar-refractivity contribution in [3.63, 3.8) is 0 Å². The van der Waals surface area contributed by atoms with Crippen molar-refractivity contribution in [1.29, 1.82) is 0 Å². The maximum absolute atomic E-state index is 6.12. The van der Waals surface area contributed by atoms with Crippen LogP contribution in [0.4, 0.5) is 0 Å². The predicted octanol–water partition coefficient (Wildman–Crippen LogP) is 1.87. The molecule has 1 fully saturated rings. The fourth-order valence-corrected chi connectivity index (χ4v) is 2.38. The van der Waals surface area contributed by atoms with Crippen molar-refractivity contribution in [2.24, 2.45) is 5.73 Å². The summed E-state index contributed by atoms with van der Waals surface area (Å²) in [6.07, 6.45) is 0.965. The first kappa shape index (κ1) is 12.4. The van der Waals surface area contributed by atoms with Gasteiger partial charge in [-0.1, -0.05) is 19.1 Å². The Morgan fingerprint density at radius 2 is 2.18 bits per heavy atom. The first-order valence-electron chi connectivity index (χ1n) is 6.14. The molecule has 1 aromatic rings. The van der Waals surface area contributed by atoms with E-state index in [1.54, 1.807) is 7.11 Å². The first-order chi connectivity index (χ1) is 8.14. The molecule has 1 aliphatic heterocycles. The summed E-state index contributed by atoms with van der Waals surface area (Å²) in [5.74, 6) is 0.955. The van der Waals surface area contributed by atoms with Crippen LogP contribution in [-0.2, 0) is 16.6 Å². The van der Waals surface area contributed by atoms with E-state index in [1.807, 2.05) is 6.07 Å². The van der Waals surface area contributed by atoms with Gasteiger partial charge in [0.15, 0.2) is 0 Å². The first-order valence-corrected chi connectivity index (χ1v) is 6.14. The molecule has 1 saturated heterocycles. The minimum absolute atomic E-state index is 0.00378. The molecule has 0 spiro atoms. The summed E-state index contributed by atoms with van der Waals surface area (Å²) in [7, 11) is 1.71. The second-order valence-corrected chi connectivity index (χ2v) is 4.82. The Hall–Kier alpha value is -1.06. The number of aryl methyl sites for hydroxylation is 1. The largest absolute Gasteiger partial charge is 0.496 e. The van der Waals surface area contributed by atoms with E-state index in [9.17, 15) is 0 Å². The van der Waals surface area contributed by atoms with E-state index in [0.29, 0.717) is 0 Å². The van der Waals surface area contributed by atoms with Crippen molar-refractivity contribution < 1.29 is 9.47 Å². The Bertz CT molecular complexity index is 397. The molecule has 2 N–H and O–H groups in total. The number of ether oxygens (including phenoxy) is 2. The lowest BCUT2D eigenvalue weighted by Crippen LogP contribution is -2.57. The Morgan fingerprint density at radius 1 is 1.47 bits per heavy atom. The Balaban J connectivity index is 2.39. The normalized spacial score (nSPS) is 19.5. The van der Waals surface area contributed by atoms with Gasteiger partial charge >= 0.3 is 0 Å². The summed E-state index contributed by atoms with van der Waals surface area (Å²) >= 11 is 0. The molecule has 0 amide bonds. The lowest BCUT2D eigenvalue weighted by Gasteiger charge is -2.45. The van der Waals surface area contributed by atoms with Gasteiger partial charge < -0.3 is 15.2 Å². The zero-order chi connectivity index (χ0) is 12.5. The van der Waals surface area contributed by atoms with Crippen LogP contribution in [0.1, 0.15) is 25.0 Å². The van der Waals surface area contributed by atoms with Gasteiger partial charge in [0.1, 0.15) is 5.75 Å². The van der Waals surface area contributed by atoms with Crippen molar-refractivity contribution >= 4 is 0 Å². The predicted molar refractivity (Wildman–Crippen MR) is 68.5 cm³/mol. The Kier molecular flexibility index (Phi) is 3.40. The molecule has 1 aromatic carbocycles. The molecular formula is C14H21NO2. The fourth-order valence-electron chi connectivity index (χ4n) is 2.38. The zero-order valence-corrected chi connectivity index (χ0v) is 10.8. The molecule has 1 atom stereocenters. The molecule has 0 aliphatic carbocycles. The highest BCUT2D eigenvalue weighted by Crippen LogP contribution is 2.37. The van der Waals surface area contributed by atoms with Crippen LogP contribution in [0.5, 0.6) is 5.75 Å². The number of methoxy groups -OCH3 is 1. The molecular weight excluding hydrogens is 214 g/mol. The van der Waals surface area contributed by atoms with Crippen LogP contribution in [0.25, 0.3) is 0 Å². The third-order valence-corrected chi connectivity index (χ3v) is 3.83. The standard InChI is InChI=1S/C14H21NO2/c1-4-11-7-12(5-6-13(11)16-3)14(10(2)15)8-17-9-14/h5-7,10H,4,8-9,15H2,1-3H3. The molecule has 0 bridgehead atoms. The fraction of sp³-hybridized carbons (Fsp3) is 0.571. The van der Waals surface area contributed by atoms with Crippen molar-refractivity contribution in [1.82, 2.24) is 0 Å².